The summed E-state index contributed by atoms with van der Waals surface area (Å²) in [6.45, 7) is 1.76. The van der Waals surface area contributed by atoms with Crippen molar-refractivity contribution in [3.05, 3.63) is 80.5 Å². The molecule has 29 heavy (non-hydrogen) atoms. The van der Waals surface area contributed by atoms with Crippen molar-refractivity contribution in [2.45, 2.75) is 29.0 Å². The summed E-state index contributed by atoms with van der Waals surface area (Å²) in [5.41, 5.74) is 1.12. The highest BCUT2D eigenvalue weighted by molar-refractivity contribution is 9.10. The zero-order valence-corrected chi connectivity index (χ0v) is 18.5. The van der Waals surface area contributed by atoms with Crippen LogP contribution in [0.2, 0.25) is 0 Å². The first-order valence-electron chi connectivity index (χ1n) is 8.82. The van der Waals surface area contributed by atoms with Gasteiger partial charge in [-0.15, -0.1) is 11.8 Å². The fourth-order valence-corrected chi connectivity index (χ4v) is 5.54. The standard InChI is InChI=1S/C21H16BrFN2O2S2/c1-12-9-14(23)5-6-16(12)29-19-15(26)10-21(25-20(19)27,13-7-8-28-11-13)17-3-2-4-18(22)24-17/h2-9,11,19H,10H2,1H3,(H,25,27). The van der Waals surface area contributed by atoms with Gasteiger partial charge in [-0.3, -0.25) is 9.59 Å². The maximum Gasteiger partial charge on any atom is 0.242 e. The summed E-state index contributed by atoms with van der Waals surface area (Å²) >= 11 is 6.03. The van der Waals surface area contributed by atoms with E-state index in [1.807, 2.05) is 29.0 Å². The predicted molar refractivity (Wildman–Crippen MR) is 116 cm³/mol. The topological polar surface area (TPSA) is 59.1 Å². The number of halogens is 2. The molecule has 2 unspecified atom stereocenters. The van der Waals surface area contributed by atoms with E-state index in [-0.39, 0.29) is 23.9 Å². The van der Waals surface area contributed by atoms with E-state index < -0.39 is 10.8 Å². The number of thioether (sulfide) groups is 1. The molecular weight excluding hydrogens is 475 g/mol. The van der Waals surface area contributed by atoms with E-state index in [9.17, 15) is 14.0 Å². The van der Waals surface area contributed by atoms with Crippen LogP contribution in [0.4, 0.5) is 4.39 Å². The van der Waals surface area contributed by atoms with Crippen LogP contribution < -0.4 is 5.32 Å². The molecule has 0 saturated carbocycles. The molecule has 0 radical (unpaired) electrons. The Kier molecular flexibility index (Phi) is 5.59. The molecule has 1 N–H and O–H groups in total. The number of thiophene rings is 1. The Morgan fingerprint density at radius 2 is 2.10 bits per heavy atom. The Morgan fingerprint density at radius 1 is 1.28 bits per heavy atom. The molecule has 8 heteroatoms. The largest absolute Gasteiger partial charge is 0.339 e. The van der Waals surface area contributed by atoms with Crippen molar-refractivity contribution < 1.29 is 14.0 Å². The van der Waals surface area contributed by atoms with Crippen LogP contribution in [0.3, 0.4) is 0 Å². The van der Waals surface area contributed by atoms with E-state index in [4.69, 9.17) is 0 Å². The first kappa shape index (κ1) is 20.3. The molecule has 2 aromatic heterocycles. The van der Waals surface area contributed by atoms with Crippen molar-refractivity contribution in [2.24, 2.45) is 0 Å². The molecule has 3 heterocycles. The van der Waals surface area contributed by atoms with E-state index in [0.717, 1.165) is 17.3 Å². The van der Waals surface area contributed by atoms with E-state index in [2.05, 4.69) is 26.2 Å². The number of amides is 1. The van der Waals surface area contributed by atoms with Gasteiger partial charge in [0.05, 0.1) is 5.69 Å². The van der Waals surface area contributed by atoms with Gasteiger partial charge in [0, 0.05) is 11.3 Å². The molecule has 4 rings (SSSR count). The third-order valence-electron chi connectivity index (χ3n) is 4.85. The normalized spacial score (nSPS) is 21.8. The van der Waals surface area contributed by atoms with Crippen LogP contribution in [0, 0.1) is 12.7 Å². The lowest BCUT2D eigenvalue weighted by Gasteiger charge is -2.39. The summed E-state index contributed by atoms with van der Waals surface area (Å²) in [5.74, 6) is -0.901. The Morgan fingerprint density at radius 3 is 2.76 bits per heavy atom. The lowest BCUT2D eigenvalue weighted by Crippen LogP contribution is -2.58. The maximum atomic E-state index is 13.4. The van der Waals surface area contributed by atoms with Crippen LogP contribution >= 0.6 is 39.0 Å². The number of piperidine rings is 1. The molecule has 2 atom stereocenters. The molecular formula is C21H16BrFN2O2S2. The summed E-state index contributed by atoms with van der Waals surface area (Å²) < 4.78 is 14.0. The second-order valence-electron chi connectivity index (χ2n) is 6.80. The number of pyridine rings is 1. The minimum absolute atomic E-state index is 0.0941. The van der Waals surface area contributed by atoms with Crippen LogP contribution in [0.5, 0.6) is 0 Å². The zero-order valence-electron chi connectivity index (χ0n) is 15.3. The van der Waals surface area contributed by atoms with Gasteiger partial charge in [-0.2, -0.15) is 11.3 Å². The molecule has 3 aromatic rings. The van der Waals surface area contributed by atoms with E-state index in [1.54, 1.807) is 19.1 Å². The maximum absolute atomic E-state index is 13.4. The van der Waals surface area contributed by atoms with Gasteiger partial charge in [-0.05, 0) is 81.1 Å². The Labute approximate surface area is 184 Å². The summed E-state index contributed by atoms with van der Waals surface area (Å²) in [6.07, 6.45) is 0.0941. The predicted octanol–water partition coefficient (Wildman–Crippen LogP) is 4.85. The molecule has 1 aliphatic heterocycles. The average molecular weight is 491 g/mol. The fraction of sp³-hybridized carbons (Fsp3) is 0.190. The highest BCUT2D eigenvalue weighted by Gasteiger charge is 2.48. The number of Topliss-reactive ketones (excluding diaryl/α,β-unsaturated/α-hetero) is 1. The van der Waals surface area contributed by atoms with Gasteiger partial charge in [0.2, 0.25) is 5.91 Å². The number of ketones is 1. The monoisotopic (exact) mass is 490 g/mol. The molecule has 0 spiro atoms. The van der Waals surface area contributed by atoms with Crippen molar-refractivity contribution in [3.63, 3.8) is 0 Å². The second kappa shape index (κ2) is 8.01. The third-order valence-corrected chi connectivity index (χ3v) is 7.40. The van der Waals surface area contributed by atoms with Gasteiger partial charge in [0.15, 0.2) is 5.78 Å². The van der Waals surface area contributed by atoms with Crippen molar-refractivity contribution in [2.75, 3.05) is 0 Å². The third kappa shape index (κ3) is 3.89. The van der Waals surface area contributed by atoms with Crippen molar-refractivity contribution in [1.29, 1.82) is 0 Å². The number of rotatable bonds is 4. The number of hydrogen-bond donors (Lipinski definition) is 1. The SMILES string of the molecule is Cc1cc(F)ccc1SC1C(=O)CC(c2ccsc2)(c2cccc(Br)n2)NC1=O. The first-order chi connectivity index (χ1) is 13.9. The summed E-state index contributed by atoms with van der Waals surface area (Å²) in [4.78, 5) is 31.5. The minimum Gasteiger partial charge on any atom is -0.339 e. The fourth-order valence-electron chi connectivity index (χ4n) is 3.44. The number of aromatic nitrogens is 1. The quantitative estimate of drug-likeness (QED) is 0.419. The van der Waals surface area contributed by atoms with Gasteiger partial charge in [0.1, 0.15) is 21.2 Å². The minimum atomic E-state index is -1.01. The van der Waals surface area contributed by atoms with Crippen molar-refractivity contribution in [1.82, 2.24) is 10.3 Å². The Bertz CT molecular complexity index is 1070. The molecule has 1 saturated heterocycles. The molecule has 1 aliphatic rings. The molecule has 1 amide bonds. The number of carbonyl (C=O) groups is 2. The van der Waals surface area contributed by atoms with Crippen molar-refractivity contribution in [3.8, 4) is 0 Å². The molecule has 0 aliphatic carbocycles. The number of nitrogens with one attached hydrogen (secondary N) is 1. The average Bonchev–Trinajstić information content (AvgIpc) is 3.21. The smallest absolute Gasteiger partial charge is 0.242 e. The van der Waals surface area contributed by atoms with E-state index in [1.165, 1.54) is 23.5 Å². The van der Waals surface area contributed by atoms with Crippen LogP contribution in [0.15, 0.2) is 62.7 Å². The van der Waals surface area contributed by atoms with Crippen LogP contribution in [-0.2, 0) is 15.1 Å². The van der Waals surface area contributed by atoms with Gasteiger partial charge in [-0.25, -0.2) is 9.37 Å². The lowest BCUT2D eigenvalue weighted by molar-refractivity contribution is -0.133. The van der Waals surface area contributed by atoms with E-state index in [0.29, 0.717) is 20.8 Å². The molecule has 148 valence electrons. The molecule has 1 aromatic carbocycles. The van der Waals surface area contributed by atoms with Crippen molar-refractivity contribution >= 4 is 50.7 Å². The number of hydrogen-bond acceptors (Lipinski definition) is 5. The van der Waals surface area contributed by atoms with Crippen LogP contribution in [0.25, 0.3) is 0 Å². The Hall–Kier alpha value is -2.03. The highest BCUT2D eigenvalue weighted by Crippen LogP contribution is 2.40. The highest BCUT2D eigenvalue weighted by atomic mass is 79.9. The summed E-state index contributed by atoms with van der Waals surface area (Å²) in [5, 5.41) is 6.02. The number of aryl methyl sites for hydroxylation is 1. The van der Waals surface area contributed by atoms with Gasteiger partial charge < -0.3 is 5.32 Å². The first-order valence-corrected chi connectivity index (χ1v) is 11.4. The Balaban J connectivity index is 1.70. The van der Waals surface area contributed by atoms with Gasteiger partial charge >= 0.3 is 0 Å². The van der Waals surface area contributed by atoms with Crippen LogP contribution in [0.1, 0.15) is 23.2 Å². The van der Waals surface area contributed by atoms with Gasteiger partial charge in [-0.1, -0.05) is 6.07 Å². The second-order valence-corrected chi connectivity index (χ2v) is 9.54. The summed E-state index contributed by atoms with van der Waals surface area (Å²) in [6, 6.07) is 11.7. The van der Waals surface area contributed by atoms with Crippen LogP contribution in [-0.4, -0.2) is 21.9 Å². The zero-order chi connectivity index (χ0) is 20.6. The summed E-state index contributed by atoms with van der Waals surface area (Å²) in [7, 11) is 0. The number of benzene rings is 1. The molecule has 1 fully saturated rings. The molecule has 4 nitrogen and oxygen atoms in total. The number of carbonyl (C=O) groups excluding carboxylic acids is 2. The number of nitrogens with zero attached hydrogens (tertiary/aromatic N) is 1. The molecule has 0 bridgehead atoms. The lowest BCUT2D eigenvalue weighted by atomic mass is 9.79. The van der Waals surface area contributed by atoms with E-state index >= 15 is 0 Å². The van der Waals surface area contributed by atoms with Gasteiger partial charge in [0.25, 0.3) is 0 Å².